The van der Waals surface area contributed by atoms with E-state index in [0.717, 1.165) is 25.9 Å². The minimum absolute atomic E-state index is 0.0288. The van der Waals surface area contributed by atoms with Crippen LogP contribution in [0.25, 0.3) is 0 Å². The van der Waals surface area contributed by atoms with Gasteiger partial charge in [0.2, 0.25) is 0 Å². The van der Waals surface area contributed by atoms with Gasteiger partial charge >= 0.3 is 5.97 Å². The number of rotatable bonds is 5. The number of nitrogens with zero attached hydrogens (tertiary/aromatic N) is 1. The summed E-state index contributed by atoms with van der Waals surface area (Å²) in [6.45, 7) is 7.00. The molecule has 0 bridgehead atoms. The lowest BCUT2D eigenvalue weighted by molar-refractivity contribution is -0.148. The monoisotopic (exact) mass is 214 g/mol. The Morgan fingerprint density at radius 3 is 3.00 bits per heavy atom. The molecule has 2 unspecified atom stereocenters. The van der Waals surface area contributed by atoms with Gasteiger partial charge in [-0.25, -0.2) is 0 Å². The molecule has 0 radical (unpaired) electrons. The Hall–Kier alpha value is -0.610. The Morgan fingerprint density at radius 2 is 2.40 bits per heavy atom. The van der Waals surface area contributed by atoms with Gasteiger partial charge in [0.25, 0.3) is 0 Å². The molecule has 0 spiro atoms. The molecule has 0 aromatic carbocycles. The fourth-order valence-electron chi connectivity index (χ4n) is 2.02. The van der Waals surface area contributed by atoms with E-state index in [9.17, 15) is 4.79 Å². The van der Waals surface area contributed by atoms with E-state index < -0.39 is 0 Å². The molecule has 1 saturated heterocycles. The molecule has 4 heteroatoms. The number of carbonyl (C=O) groups excluding carboxylic acids is 1. The van der Waals surface area contributed by atoms with Crippen molar-refractivity contribution in [3.05, 3.63) is 0 Å². The summed E-state index contributed by atoms with van der Waals surface area (Å²) in [5.74, 6) is 0.374. The molecular weight excluding hydrogens is 192 g/mol. The van der Waals surface area contributed by atoms with Crippen LogP contribution >= 0.6 is 0 Å². The second-order valence-corrected chi connectivity index (χ2v) is 4.25. The highest BCUT2D eigenvalue weighted by Gasteiger charge is 2.31. The zero-order chi connectivity index (χ0) is 11.3. The quantitative estimate of drug-likeness (QED) is 0.681. The summed E-state index contributed by atoms with van der Waals surface area (Å²) in [7, 11) is 0. The van der Waals surface area contributed by atoms with Crippen molar-refractivity contribution in [3.8, 4) is 0 Å². The third-order valence-electron chi connectivity index (χ3n) is 2.87. The van der Waals surface area contributed by atoms with Crippen LogP contribution in [0.2, 0.25) is 0 Å². The zero-order valence-corrected chi connectivity index (χ0v) is 9.74. The summed E-state index contributed by atoms with van der Waals surface area (Å²) >= 11 is 0. The number of hydrogen-bond acceptors (Lipinski definition) is 4. The average molecular weight is 214 g/mol. The maximum Gasteiger partial charge on any atom is 0.323 e. The third kappa shape index (κ3) is 3.47. The van der Waals surface area contributed by atoms with Crippen molar-refractivity contribution in [2.24, 2.45) is 11.7 Å². The molecule has 1 fully saturated rings. The molecule has 4 nitrogen and oxygen atoms in total. The first kappa shape index (κ1) is 12.5. The smallest absolute Gasteiger partial charge is 0.323 e. The highest BCUT2D eigenvalue weighted by molar-refractivity contribution is 5.76. The van der Waals surface area contributed by atoms with Crippen LogP contribution in [0.1, 0.15) is 26.7 Å². The zero-order valence-electron chi connectivity index (χ0n) is 9.74. The van der Waals surface area contributed by atoms with Gasteiger partial charge in [-0.05, 0) is 38.8 Å². The summed E-state index contributed by atoms with van der Waals surface area (Å²) in [5, 5.41) is 0. The largest absolute Gasteiger partial charge is 0.465 e. The van der Waals surface area contributed by atoms with Crippen molar-refractivity contribution < 1.29 is 9.53 Å². The van der Waals surface area contributed by atoms with E-state index in [2.05, 4.69) is 11.8 Å². The topological polar surface area (TPSA) is 55.6 Å². The van der Waals surface area contributed by atoms with E-state index in [0.29, 0.717) is 19.1 Å². The van der Waals surface area contributed by atoms with Gasteiger partial charge in [-0.1, -0.05) is 6.92 Å². The molecule has 1 aliphatic rings. The van der Waals surface area contributed by atoms with Crippen molar-refractivity contribution in [2.75, 3.05) is 26.2 Å². The molecule has 1 aliphatic heterocycles. The minimum Gasteiger partial charge on any atom is -0.465 e. The summed E-state index contributed by atoms with van der Waals surface area (Å²) in [4.78, 5) is 13.8. The van der Waals surface area contributed by atoms with Crippen LogP contribution in [0.4, 0.5) is 0 Å². The molecular formula is C11H22N2O2. The van der Waals surface area contributed by atoms with Crippen LogP contribution in [0.5, 0.6) is 0 Å². The van der Waals surface area contributed by atoms with Gasteiger partial charge in [0.1, 0.15) is 6.04 Å². The van der Waals surface area contributed by atoms with Crippen LogP contribution in [0, 0.1) is 5.92 Å². The van der Waals surface area contributed by atoms with E-state index >= 15 is 0 Å². The van der Waals surface area contributed by atoms with Crippen molar-refractivity contribution in [1.29, 1.82) is 0 Å². The Bertz CT molecular complexity index is 209. The normalized spacial score (nSPS) is 24.1. The van der Waals surface area contributed by atoms with Crippen molar-refractivity contribution >= 4 is 5.97 Å². The average Bonchev–Trinajstić information content (AvgIpc) is 2.66. The van der Waals surface area contributed by atoms with Crippen LogP contribution < -0.4 is 5.73 Å². The van der Waals surface area contributed by atoms with Crippen molar-refractivity contribution in [1.82, 2.24) is 4.90 Å². The van der Waals surface area contributed by atoms with E-state index in [-0.39, 0.29) is 12.0 Å². The maximum atomic E-state index is 11.6. The van der Waals surface area contributed by atoms with Crippen molar-refractivity contribution in [2.45, 2.75) is 32.7 Å². The van der Waals surface area contributed by atoms with E-state index in [1.807, 2.05) is 6.92 Å². The van der Waals surface area contributed by atoms with Gasteiger partial charge in [0.15, 0.2) is 0 Å². The van der Waals surface area contributed by atoms with Crippen molar-refractivity contribution in [3.63, 3.8) is 0 Å². The second-order valence-electron chi connectivity index (χ2n) is 4.25. The van der Waals surface area contributed by atoms with Crippen LogP contribution in [-0.2, 0) is 9.53 Å². The van der Waals surface area contributed by atoms with Gasteiger partial charge in [0.05, 0.1) is 6.61 Å². The molecule has 88 valence electrons. The lowest BCUT2D eigenvalue weighted by Gasteiger charge is -2.25. The molecule has 1 rings (SSSR count). The molecule has 0 aliphatic carbocycles. The van der Waals surface area contributed by atoms with Gasteiger partial charge in [-0.3, -0.25) is 9.69 Å². The predicted octanol–water partition coefficient (Wildman–Crippen LogP) is 0.609. The number of carbonyl (C=O) groups is 1. The lowest BCUT2D eigenvalue weighted by Crippen LogP contribution is -2.40. The first-order valence-electron chi connectivity index (χ1n) is 5.79. The molecule has 2 atom stereocenters. The third-order valence-corrected chi connectivity index (χ3v) is 2.87. The first-order chi connectivity index (χ1) is 7.19. The highest BCUT2D eigenvalue weighted by Crippen LogP contribution is 2.19. The summed E-state index contributed by atoms with van der Waals surface area (Å²) in [5.41, 5.74) is 5.59. The standard InChI is InChI=1S/C11H22N2O2/c1-3-15-11(14)10-5-4-6-13(10)8-9(2)7-12/h9-10H,3-8,12H2,1-2H3. The van der Waals surface area contributed by atoms with E-state index in [4.69, 9.17) is 10.5 Å². The fraction of sp³-hybridized carbons (Fsp3) is 0.909. The number of nitrogens with two attached hydrogens (primary N) is 1. The molecule has 15 heavy (non-hydrogen) atoms. The summed E-state index contributed by atoms with van der Waals surface area (Å²) < 4.78 is 5.06. The molecule has 0 aromatic heterocycles. The van der Waals surface area contributed by atoms with Crippen LogP contribution in [0.3, 0.4) is 0 Å². The maximum absolute atomic E-state index is 11.6. The van der Waals surface area contributed by atoms with Gasteiger partial charge in [-0.2, -0.15) is 0 Å². The first-order valence-corrected chi connectivity index (χ1v) is 5.79. The highest BCUT2D eigenvalue weighted by atomic mass is 16.5. The van der Waals surface area contributed by atoms with Gasteiger partial charge < -0.3 is 10.5 Å². The fourth-order valence-corrected chi connectivity index (χ4v) is 2.02. The molecule has 0 saturated carbocycles. The van der Waals surface area contributed by atoms with Crippen LogP contribution in [0.15, 0.2) is 0 Å². The number of ether oxygens (including phenoxy) is 1. The number of likely N-dealkylation sites (tertiary alicyclic amines) is 1. The Balaban J connectivity index is 2.45. The number of hydrogen-bond donors (Lipinski definition) is 1. The Kier molecular flexibility index (Phi) is 5.05. The lowest BCUT2D eigenvalue weighted by atomic mass is 10.1. The summed E-state index contributed by atoms with van der Waals surface area (Å²) in [6, 6.07) is -0.0288. The Labute approximate surface area is 91.8 Å². The SMILES string of the molecule is CCOC(=O)C1CCCN1CC(C)CN. The summed E-state index contributed by atoms with van der Waals surface area (Å²) in [6.07, 6.45) is 2.01. The van der Waals surface area contributed by atoms with Gasteiger partial charge in [-0.15, -0.1) is 0 Å². The number of esters is 1. The van der Waals surface area contributed by atoms with Crippen LogP contribution in [-0.4, -0.2) is 43.2 Å². The minimum atomic E-state index is -0.0702. The predicted molar refractivity (Wildman–Crippen MR) is 59.4 cm³/mol. The van der Waals surface area contributed by atoms with E-state index in [1.165, 1.54) is 0 Å². The molecule has 2 N–H and O–H groups in total. The molecule has 1 heterocycles. The second kappa shape index (κ2) is 6.08. The molecule has 0 aromatic rings. The van der Waals surface area contributed by atoms with Gasteiger partial charge in [0, 0.05) is 6.54 Å². The molecule has 0 amide bonds. The Morgan fingerprint density at radius 1 is 1.67 bits per heavy atom. The van der Waals surface area contributed by atoms with E-state index in [1.54, 1.807) is 0 Å².